The maximum Gasteiger partial charge on any atom is 0.511 e. The number of carboxylic acid groups (broad SMARTS) is 1. The molecule has 0 bridgehead atoms. The van der Waals surface area contributed by atoms with E-state index in [4.69, 9.17) is 15.6 Å². The molecule has 2 fully saturated rings. The quantitative estimate of drug-likeness (QED) is 0.437. The average molecular weight is 448 g/mol. The monoisotopic (exact) mass is 448 g/mol. The van der Waals surface area contributed by atoms with Gasteiger partial charge in [0.25, 0.3) is 0 Å². The zero-order valence-electron chi connectivity index (χ0n) is 18.5. The maximum atomic E-state index is 15.7. The molecule has 9 nitrogen and oxygen atoms in total. The Bertz CT molecular complexity index is 1110. The van der Waals surface area contributed by atoms with Crippen LogP contribution in [-0.4, -0.2) is 48.6 Å². The Morgan fingerprint density at radius 1 is 1.41 bits per heavy atom. The zero-order valence-corrected chi connectivity index (χ0v) is 18.5. The number of nitrogens with one attached hydrogen (secondary N) is 1. The molecule has 4 rings (SSSR count). The van der Waals surface area contributed by atoms with E-state index in [2.05, 4.69) is 23.9 Å². The largest absolute Gasteiger partial charge is 0.511 e. The Balaban J connectivity index is 1.91. The van der Waals surface area contributed by atoms with Crippen molar-refractivity contribution in [1.29, 1.82) is 0 Å². The van der Waals surface area contributed by atoms with E-state index < -0.39 is 23.2 Å². The first-order valence-electron chi connectivity index (χ1n) is 10.9. The topological polar surface area (TPSA) is 119 Å². The van der Waals surface area contributed by atoms with Gasteiger partial charge in [-0.15, -0.1) is 0 Å². The van der Waals surface area contributed by atoms with Crippen LogP contribution in [-0.2, 0) is 0 Å². The number of pyridine rings is 1. The highest BCUT2D eigenvalue weighted by molar-refractivity contribution is 6.01. The van der Waals surface area contributed by atoms with Crippen molar-refractivity contribution in [3.8, 4) is 11.5 Å². The van der Waals surface area contributed by atoms with Gasteiger partial charge < -0.3 is 35.1 Å². The Labute approximate surface area is 184 Å². The molecule has 2 aliphatic rings. The fourth-order valence-electron chi connectivity index (χ4n) is 4.71. The second-order valence-electron chi connectivity index (χ2n) is 8.50. The number of nitrogens with zero attached hydrogens (tertiary/aromatic N) is 2. The van der Waals surface area contributed by atoms with E-state index in [1.54, 1.807) is 4.57 Å². The Morgan fingerprint density at radius 2 is 2.12 bits per heavy atom. The molecule has 1 saturated carbocycles. The second kappa shape index (κ2) is 8.50. The summed E-state index contributed by atoms with van der Waals surface area (Å²) in [5.41, 5.74) is 5.66. The number of aromatic nitrogens is 1. The van der Waals surface area contributed by atoms with Crippen LogP contribution >= 0.6 is 0 Å². The van der Waals surface area contributed by atoms with Crippen LogP contribution in [0.5, 0.6) is 11.5 Å². The van der Waals surface area contributed by atoms with Gasteiger partial charge in [-0.3, -0.25) is 4.79 Å². The van der Waals surface area contributed by atoms with E-state index in [0.717, 1.165) is 25.8 Å². The van der Waals surface area contributed by atoms with Crippen LogP contribution in [0.3, 0.4) is 0 Å². The molecule has 32 heavy (non-hydrogen) atoms. The molecule has 10 heteroatoms. The van der Waals surface area contributed by atoms with Gasteiger partial charge in [0.1, 0.15) is 5.69 Å². The number of methoxy groups -OCH3 is 1. The van der Waals surface area contributed by atoms with Crippen molar-refractivity contribution in [1.82, 2.24) is 9.88 Å². The summed E-state index contributed by atoms with van der Waals surface area (Å²) in [6.07, 6.45) is 2.30. The van der Waals surface area contributed by atoms with E-state index in [1.165, 1.54) is 13.3 Å². The number of anilines is 2. The lowest BCUT2D eigenvalue weighted by atomic mass is 10.0. The molecule has 1 aromatic carbocycles. The molecular formula is C22H29FN4O5. The van der Waals surface area contributed by atoms with Crippen LogP contribution in [0.4, 0.5) is 20.6 Å². The fraction of sp³-hybridized carbons (Fsp3) is 0.545. The third-order valence-electron chi connectivity index (χ3n) is 6.46. The lowest BCUT2D eigenvalue weighted by molar-refractivity contribution is 0.143. The minimum absolute atomic E-state index is 0.0287. The van der Waals surface area contributed by atoms with E-state index >= 15 is 4.39 Å². The Morgan fingerprint density at radius 3 is 2.72 bits per heavy atom. The van der Waals surface area contributed by atoms with E-state index in [9.17, 15) is 9.59 Å². The molecule has 0 amide bonds. The molecule has 1 aliphatic carbocycles. The van der Waals surface area contributed by atoms with Crippen LogP contribution in [0.15, 0.2) is 11.0 Å². The van der Waals surface area contributed by atoms with Gasteiger partial charge in [0.2, 0.25) is 5.43 Å². The highest BCUT2D eigenvalue weighted by atomic mass is 19.1. The highest BCUT2D eigenvalue weighted by Crippen LogP contribution is 2.47. The standard InChI is InChI=1S/C22H29FN4O5/c1-4-25-11(2)12-7-8-26(9-12)19-16(23)17(24)15-18(21(19)31-3)27(13-5-6-13)10-14(20(15)28)32-22(29)30/h10-13,25H,4-9,24H2,1-3H3,(H,29,30)/t11-,12-/m1/s1. The number of carbonyl (C=O) groups is 1. The third kappa shape index (κ3) is 3.72. The van der Waals surface area contributed by atoms with Crippen LogP contribution in [0.2, 0.25) is 0 Å². The van der Waals surface area contributed by atoms with Gasteiger partial charge in [-0.2, -0.15) is 0 Å². The predicted octanol–water partition coefficient (Wildman–Crippen LogP) is 2.95. The summed E-state index contributed by atoms with van der Waals surface area (Å²) in [7, 11) is 1.44. The lowest BCUT2D eigenvalue weighted by Crippen LogP contribution is -2.35. The highest BCUT2D eigenvalue weighted by Gasteiger charge is 2.35. The number of rotatable bonds is 7. The SMILES string of the molecule is CCN[C@H](C)[C@@H]1CCN(c2c(F)c(N)c3c(=O)c(OC(=O)O)cn(C4CC4)c3c2OC)C1. The molecule has 2 atom stereocenters. The van der Waals surface area contributed by atoms with Gasteiger partial charge in [-0.05, 0) is 38.6 Å². The summed E-state index contributed by atoms with van der Waals surface area (Å²) in [4.78, 5) is 26.0. The minimum Gasteiger partial charge on any atom is -0.492 e. The first-order valence-corrected chi connectivity index (χ1v) is 10.9. The molecule has 1 aromatic heterocycles. The summed E-state index contributed by atoms with van der Waals surface area (Å²) >= 11 is 0. The number of nitrogen functional groups attached to an aromatic ring is 1. The number of hydrogen-bond donors (Lipinski definition) is 3. The van der Waals surface area contributed by atoms with Crippen LogP contribution < -0.4 is 30.9 Å². The summed E-state index contributed by atoms with van der Waals surface area (Å²) in [6.45, 7) is 6.28. The molecule has 174 valence electrons. The Hall–Kier alpha value is -3.01. The number of ether oxygens (including phenoxy) is 2. The average Bonchev–Trinajstić information content (AvgIpc) is 3.48. The Kier molecular flexibility index (Phi) is 5.89. The van der Waals surface area contributed by atoms with Gasteiger partial charge in [0.05, 0.1) is 29.9 Å². The van der Waals surface area contributed by atoms with E-state index in [1.807, 2.05) is 4.90 Å². The smallest absolute Gasteiger partial charge is 0.492 e. The number of fused-ring (bicyclic) bond motifs is 1. The van der Waals surface area contributed by atoms with Crippen molar-refractivity contribution in [3.05, 3.63) is 22.2 Å². The van der Waals surface area contributed by atoms with Crippen LogP contribution in [0.25, 0.3) is 10.9 Å². The van der Waals surface area contributed by atoms with Gasteiger partial charge in [0, 0.05) is 25.2 Å². The fourth-order valence-corrected chi connectivity index (χ4v) is 4.71. The molecule has 2 heterocycles. The van der Waals surface area contributed by atoms with Crippen molar-refractivity contribution >= 4 is 28.4 Å². The predicted molar refractivity (Wildman–Crippen MR) is 120 cm³/mol. The third-order valence-corrected chi connectivity index (χ3v) is 6.46. The summed E-state index contributed by atoms with van der Waals surface area (Å²) in [6, 6.07) is 0.304. The van der Waals surface area contributed by atoms with Crippen molar-refractivity contribution in [3.63, 3.8) is 0 Å². The summed E-state index contributed by atoms with van der Waals surface area (Å²) < 4.78 is 27.8. The first kappa shape index (κ1) is 22.2. The van der Waals surface area contributed by atoms with Crippen molar-refractivity contribution in [2.24, 2.45) is 5.92 Å². The van der Waals surface area contributed by atoms with Gasteiger partial charge in [0.15, 0.2) is 17.3 Å². The number of halogens is 1. The maximum absolute atomic E-state index is 15.7. The van der Waals surface area contributed by atoms with Gasteiger partial charge in [-0.25, -0.2) is 9.18 Å². The minimum atomic E-state index is -1.62. The van der Waals surface area contributed by atoms with Crippen molar-refractivity contribution < 1.29 is 23.8 Å². The molecule has 1 saturated heterocycles. The molecule has 0 unspecified atom stereocenters. The summed E-state index contributed by atoms with van der Waals surface area (Å²) in [5.74, 6) is -0.584. The zero-order chi connectivity index (χ0) is 23.2. The molecule has 2 aromatic rings. The first-order chi connectivity index (χ1) is 15.3. The van der Waals surface area contributed by atoms with Crippen LogP contribution in [0.1, 0.15) is 39.2 Å². The molecule has 1 aliphatic heterocycles. The van der Waals surface area contributed by atoms with Crippen molar-refractivity contribution in [2.45, 2.75) is 45.2 Å². The lowest BCUT2D eigenvalue weighted by Gasteiger charge is -2.26. The molecular weight excluding hydrogens is 419 g/mol. The second-order valence-corrected chi connectivity index (χ2v) is 8.50. The van der Waals surface area contributed by atoms with Crippen molar-refractivity contribution in [2.75, 3.05) is 37.4 Å². The number of benzene rings is 1. The molecule has 0 spiro atoms. The normalized spacial score (nSPS) is 19.4. The molecule has 0 radical (unpaired) electrons. The molecule has 4 N–H and O–H groups in total. The van der Waals surface area contributed by atoms with Crippen LogP contribution in [0, 0.1) is 11.7 Å². The number of nitrogens with two attached hydrogens (primary N) is 1. The van der Waals surface area contributed by atoms with E-state index in [0.29, 0.717) is 24.5 Å². The summed E-state index contributed by atoms with van der Waals surface area (Å²) in [5, 5.41) is 12.3. The van der Waals surface area contributed by atoms with Gasteiger partial charge in [-0.1, -0.05) is 6.92 Å². The van der Waals surface area contributed by atoms with E-state index in [-0.39, 0.29) is 34.6 Å². The van der Waals surface area contributed by atoms with Gasteiger partial charge >= 0.3 is 6.16 Å². The number of hydrogen-bond acceptors (Lipinski definition) is 7.